The average Bonchev–Trinajstić information content (AvgIpc) is 2.50. The molecule has 0 aliphatic rings. The average molecular weight is 272 g/mol. The van der Waals surface area contributed by atoms with Gasteiger partial charge in [-0.2, -0.15) is 10.5 Å². The van der Waals surface area contributed by atoms with Gasteiger partial charge in [0, 0.05) is 11.5 Å². The molecule has 1 aromatic carbocycles. The number of hydrogen-bond acceptors (Lipinski definition) is 4. The first-order valence-corrected chi connectivity index (χ1v) is 6.12. The molecular formula is C15H13FN2O2. The Kier molecular flexibility index (Phi) is 5.11. The van der Waals surface area contributed by atoms with Crippen molar-refractivity contribution in [2.45, 2.75) is 26.4 Å². The molecule has 0 aliphatic heterocycles. The number of nitrogens with zero attached hydrogens (tertiary/aromatic N) is 2. The van der Waals surface area contributed by atoms with Gasteiger partial charge in [-0.25, -0.2) is 4.39 Å². The highest BCUT2D eigenvalue weighted by molar-refractivity contribution is 6.13. The minimum Gasteiger partial charge on any atom is -0.296 e. The van der Waals surface area contributed by atoms with Crippen LogP contribution in [-0.4, -0.2) is 17.7 Å². The van der Waals surface area contributed by atoms with Crippen molar-refractivity contribution >= 4 is 11.6 Å². The van der Waals surface area contributed by atoms with Gasteiger partial charge in [0.1, 0.15) is 12.1 Å². The largest absolute Gasteiger partial charge is 0.296 e. The summed E-state index contributed by atoms with van der Waals surface area (Å²) in [6.45, 7) is 3.29. The van der Waals surface area contributed by atoms with Crippen LogP contribution in [0.15, 0.2) is 18.2 Å². The van der Waals surface area contributed by atoms with Gasteiger partial charge in [0.15, 0.2) is 5.78 Å². The Morgan fingerprint density at radius 1 is 1.25 bits per heavy atom. The minimum atomic E-state index is -2.23. The van der Waals surface area contributed by atoms with Crippen molar-refractivity contribution in [2.24, 2.45) is 5.92 Å². The Morgan fingerprint density at radius 3 is 2.35 bits per heavy atom. The van der Waals surface area contributed by atoms with Crippen molar-refractivity contribution in [2.75, 3.05) is 0 Å². The van der Waals surface area contributed by atoms with Crippen LogP contribution in [0.2, 0.25) is 0 Å². The van der Waals surface area contributed by atoms with E-state index in [0.29, 0.717) is 6.42 Å². The molecular weight excluding hydrogens is 259 g/mol. The number of alkyl halides is 1. The van der Waals surface area contributed by atoms with Crippen molar-refractivity contribution < 1.29 is 14.0 Å². The molecule has 2 unspecified atom stereocenters. The van der Waals surface area contributed by atoms with E-state index in [1.807, 2.05) is 0 Å². The Balaban J connectivity index is 3.08. The summed E-state index contributed by atoms with van der Waals surface area (Å²) in [5.41, 5.74) is 0.0129. The lowest BCUT2D eigenvalue weighted by Crippen LogP contribution is -2.30. The van der Waals surface area contributed by atoms with E-state index < -0.39 is 23.7 Å². The molecule has 2 atom stereocenters. The lowest BCUT2D eigenvalue weighted by molar-refractivity contribution is -0.125. The molecule has 1 aromatic rings. The number of rotatable bonds is 5. The Labute approximate surface area is 116 Å². The molecule has 4 nitrogen and oxygen atoms in total. The van der Waals surface area contributed by atoms with Gasteiger partial charge < -0.3 is 0 Å². The first kappa shape index (κ1) is 15.5. The van der Waals surface area contributed by atoms with Crippen LogP contribution in [0.3, 0.4) is 0 Å². The molecule has 0 saturated carbocycles. The van der Waals surface area contributed by atoms with Crippen LogP contribution >= 0.6 is 0 Å². The Bertz CT molecular complexity index is 626. The molecule has 0 aromatic heterocycles. The van der Waals surface area contributed by atoms with Crippen LogP contribution in [0.25, 0.3) is 0 Å². The quantitative estimate of drug-likeness (QED) is 0.609. The lowest BCUT2D eigenvalue weighted by Gasteiger charge is -2.11. The van der Waals surface area contributed by atoms with Crippen molar-refractivity contribution in [3.8, 4) is 12.1 Å². The smallest absolute Gasteiger partial charge is 0.221 e. The van der Waals surface area contributed by atoms with E-state index in [0.717, 1.165) is 6.07 Å². The maximum absolute atomic E-state index is 13.9. The summed E-state index contributed by atoms with van der Waals surface area (Å²) >= 11 is 0. The van der Waals surface area contributed by atoms with Gasteiger partial charge in [-0.1, -0.05) is 13.8 Å². The second-order valence-corrected chi connectivity index (χ2v) is 4.42. The first-order valence-electron chi connectivity index (χ1n) is 6.12. The molecule has 0 saturated heterocycles. The molecule has 0 heterocycles. The molecule has 0 aliphatic carbocycles. The topological polar surface area (TPSA) is 81.7 Å². The van der Waals surface area contributed by atoms with Crippen LogP contribution in [0.5, 0.6) is 0 Å². The first-order chi connectivity index (χ1) is 9.46. The number of carbonyl (C=O) groups is 2. The monoisotopic (exact) mass is 272 g/mol. The highest BCUT2D eigenvalue weighted by atomic mass is 19.1. The molecule has 1 rings (SSSR count). The van der Waals surface area contributed by atoms with Crippen molar-refractivity contribution in [3.05, 3.63) is 34.9 Å². The lowest BCUT2D eigenvalue weighted by atomic mass is 9.94. The van der Waals surface area contributed by atoms with E-state index in [-0.39, 0.29) is 16.7 Å². The van der Waals surface area contributed by atoms with E-state index in [4.69, 9.17) is 10.5 Å². The van der Waals surface area contributed by atoms with Crippen LogP contribution in [0, 0.1) is 28.6 Å². The van der Waals surface area contributed by atoms with Gasteiger partial charge in [-0.05, 0) is 24.6 Å². The van der Waals surface area contributed by atoms with Crippen LogP contribution < -0.4 is 0 Å². The fourth-order valence-electron chi connectivity index (χ4n) is 1.61. The van der Waals surface area contributed by atoms with Crippen molar-refractivity contribution in [1.29, 1.82) is 10.5 Å². The van der Waals surface area contributed by atoms with E-state index in [1.165, 1.54) is 12.1 Å². The van der Waals surface area contributed by atoms with E-state index in [1.54, 1.807) is 26.0 Å². The van der Waals surface area contributed by atoms with Crippen molar-refractivity contribution in [1.82, 2.24) is 0 Å². The molecule has 0 spiro atoms. The molecule has 0 amide bonds. The van der Waals surface area contributed by atoms with Crippen LogP contribution in [0.4, 0.5) is 4.39 Å². The summed E-state index contributed by atoms with van der Waals surface area (Å²) in [6, 6.07) is 7.21. The molecule has 102 valence electrons. The van der Waals surface area contributed by atoms with Gasteiger partial charge in [-0.3, -0.25) is 9.59 Å². The van der Waals surface area contributed by atoms with Gasteiger partial charge in [0.2, 0.25) is 12.0 Å². The van der Waals surface area contributed by atoms with Crippen LogP contribution in [-0.2, 0) is 4.79 Å². The van der Waals surface area contributed by atoms with E-state index >= 15 is 0 Å². The van der Waals surface area contributed by atoms with Gasteiger partial charge in [-0.15, -0.1) is 0 Å². The number of halogens is 1. The standard InChI is InChI=1S/C15H13FN2O2/c1-3-9(2)14(19)13(16)15(20)10-4-5-11(7-17)12(6-10)8-18/h4-6,9,13H,3H2,1-2H3. The van der Waals surface area contributed by atoms with Crippen LogP contribution in [0.1, 0.15) is 41.8 Å². The molecule has 0 fully saturated rings. The summed E-state index contributed by atoms with van der Waals surface area (Å²) in [7, 11) is 0. The number of ketones is 2. The minimum absolute atomic E-state index is 0.0125. The number of Topliss-reactive ketones (excluding diaryl/α,β-unsaturated/α-hetero) is 2. The van der Waals surface area contributed by atoms with Crippen molar-refractivity contribution in [3.63, 3.8) is 0 Å². The summed E-state index contributed by atoms with van der Waals surface area (Å²) < 4.78 is 13.9. The molecule has 0 bridgehead atoms. The highest BCUT2D eigenvalue weighted by Crippen LogP contribution is 2.16. The van der Waals surface area contributed by atoms with Gasteiger partial charge >= 0.3 is 0 Å². The van der Waals surface area contributed by atoms with E-state index in [2.05, 4.69) is 0 Å². The maximum Gasteiger partial charge on any atom is 0.221 e. The molecule has 20 heavy (non-hydrogen) atoms. The molecule has 0 N–H and O–H groups in total. The zero-order valence-electron chi connectivity index (χ0n) is 11.2. The second-order valence-electron chi connectivity index (χ2n) is 4.42. The second kappa shape index (κ2) is 6.58. The normalized spacial score (nSPS) is 12.8. The molecule has 5 heteroatoms. The Morgan fingerprint density at radius 2 is 1.85 bits per heavy atom. The summed E-state index contributed by atoms with van der Waals surface area (Å²) in [6.07, 6.45) is -1.78. The third kappa shape index (κ3) is 3.07. The summed E-state index contributed by atoms with van der Waals surface area (Å²) in [5, 5.41) is 17.6. The predicted molar refractivity (Wildman–Crippen MR) is 69.6 cm³/mol. The maximum atomic E-state index is 13.9. The fraction of sp³-hybridized carbons (Fsp3) is 0.333. The Hall–Kier alpha value is -2.53. The fourth-order valence-corrected chi connectivity index (χ4v) is 1.61. The number of hydrogen-bond donors (Lipinski definition) is 0. The molecule has 0 radical (unpaired) electrons. The van der Waals surface area contributed by atoms with Gasteiger partial charge in [0.05, 0.1) is 11.1 Å². The van der Waals surface area contributed by atoms with E-state index in [9.17, 15) is 14.0 Å². The SMILES string of the molecule is CCC(C)C(=O)C(F)C(=O)c1ccc(C#N)c(C#N)c1. The summed E-state index contributed by atoms with van der Waals surface area (Å²) in [5.74, 6) is -2.28. The predicted octanol–water partition coefficient (Wildman–Crippen LogP) is 2.57. The third-order valence-corrected chi connectivity index (χ3v) is 3.12. The zero-order chi connectivity index (χ0) is 15.3. The zero-order valence-corrected chi connectivity index (χ0v) is 11.2. The number of benzene rings is 1. The summed E-state index contributed by atoms with van der Waals surface area (Å²) in [4.78, 5) is 23.5. The number of nitriles is 2. The number of carbonyl (C=O) groups excluding carboxylic acids is 2. The van der Waals surface area contributed by atoms with Gasteiger partial charge in [0.25, 0.3) is 0 Å². The third-order valence-electron chi connectivity index (χ3n) is 3.12. The highest BCUT2D eigenvalue weighted by Gasteiger charge is 2.30.